The molecular weight excluding hydrogens is 338 g/mol. The number of nitrogens with zero attached hydrogens (tertiary/aromatic N) is 3. The van der Waals surface area contributed by atoms with Gasteiger partial charge in [0.2, 0.25) is 11.8 Å². The standard InChI is InChI=1S/C17H27N5O4/c1-7-14(23)18-12-10-13(19-17(24)25)16(26-11(2)3)20-15(12)22(6)9-8-21(4)5/h7,10-11,19H,1,8-9H2,2-6H3,(H,18,23)(H,24,25). The molecule has 1 heterocycles. The van der Waals surface area contributed by atoms with Crippen molar-refractivity contribution in [2.75, 3.05) is 49.8 Å². The van der Waals surface area contributed by atoms with Crippen LogP contribution >= 0.6 is 0 Å². The molecule has 0 atom stereocenters. The van der Waals surface area contributed by atoms with Gasteiger partial charge in [-0.2, -0.15) is 4.98 Å². The van der Waals surface area contributed by atoms with E-state index in [9.17, 15) is 9.59 Å². The van der Waals surface area contributed by atoms with Crippen LogP contribution in [0.1, 0.15) is 13.8 Å². The highest BCUT2D eigenvalue weighted by Gasteiger charge is 2.19. The first-order valence-electron chi connectivity index (χ1n) is 8.15. The van der Waals surface area contributed by atoms with Gasteiger partial charge in [-0.3, -0.25) is 10.1 Å². The number of anilines is 3. The SMILES string of the molecule is C=CC(=O)Nc1cc(NC(=O)O)c(OC(C)C)nc1N(C)CCN(C)C. The fraction of sp³-hybridized carbons (Fsp3) is 0.471. The zero-order valence-electron chi connectivity index (χ0n) is 15.9. The molecular formula is C17H27N5O4. The van der Waals surface area contributed by atoms with Crippen LogP contribution in [0.25, 0.3) is 0 Å². The van der Waals surface area contributed by atoms with Crippen molar-refractivity contribution >= 4 is 29.2 Å². The average Bonchev–Trinajstić information content (AvgIpc) is 2.53. The summed E-state index contributed by atoms with van der Waals surface area (Å²) < 4.78 is 5.64. The summed E-state index contributed by atoms with van der Waals surface area (Å²) in [5, 5.41) is 14.0. The van der Waals surface area contributed by atoms with Crippen LogP contribution in [0.4, 0.5) is 22.0 Å². The number of hydrogen-bond acceptors (Lipinski definition) is 6. The quantitative estimate of drug-likeness (QED) is 0.575. The predicted octanol–water partition coefficient (Wildman–Crippen LogP) is 2.08. The highest BCUT2D eigenvalue weighted by atomic mass is 16.5. The largest absolute Gasteiger partial charge is 0.473 e. The number of carbonyl (C=O) groups excluding carboxylic acids is 1. The smallest absolute Gasteiger partial charge is 0.409 e. The molecule has 0 unspecified atom stereocenters. The lowest BCUT2D eigenvalue weighted by atomic mass is 10.3. The monoisotopic (exact) mass is 365 g/mol. The van der Waals surface area contributed by atoms with Crippen LogP contribution in [-0.2, 0) is 4.79 Å². The summed E-state index contributed by atoms with van der Waals surface area (Å²) in [5.74, 6) is 0.187. The fourth-order valence-corrected chi connectivity index (χ4v) is 2.03. The van der Waals surface area contributed by atoms with E-state index in [4.69, 9.17) is 9.84 Å². The summed E-state index contributed by atoms with van der Waals surface area (Å²) >= 11 is 0. The highest BCUT2D eigenvalue weighted by Crippen LogP contribution is 2.34. The summed E-state index contributed by atoms with van der Waals surface area (Å²) in [6, 6.07) is 1.49. The Kier molecular flexibility index (Phi) is 7.85. The molecule has 1 aromatic heterocycles. The van der Waals surface area contributed by atoms with Crippen LogP contribution in [0.2, 0.25) is 0 Å². The lowest BCUT2D eigenvalue weighted by molar-refractivity contribution is -0.111. The van der Waals surface area contributed by atoms with Crippen molar-refractivity contribution in [1.29, 1.82) is 0 Å². The Hall–Kier alpha value is -2.81. The maximum Gasteiger partial charge on any atom is 0.409 e. The number of nitrogens with one attached hydrogen (secondary N) is 2. The van der Waals surface area contributed by atoms with E-state index in [0.29, 0.717) is 18.1 Å². The predicted molar refractivity (Wildman–Crippen MR) is 102 cm³/mol. The maximum atomic E-state index is 11.8. The van der Waals surface area contributed by atoms with Crippen LogP contribution in [0.3, 0.4) is 0 Å². The Morgan fingerprint density at radius 3 is 2.42 bits per heavy atom. The molecule has 0 fully saturated rings. The molecule has 0 aliphatic carbocycles. The lowest BCUT2D eigenvalue weighted by Gasteiger charge is -2.25. The first-order chi connectivity index (χ1) is 12.1. The summed E-state index contributed by atoms with van der Waals surface area (Å²) in [7, 11) is 5.74. The van der Waals surface area contributed by atoms with Crippen LogP contribution in [0.15, 0.2) is 18.7 Å². The number of ether oxygens (including phenoxy) is 1. The number of pyridine rings is 1. The van der Waals surface area contributed by atoms with Crippen molar-refractivity contribution in [2.24, 2.45) is 0 Å². The molecule has 9 nitrogen and oxygen atoms in total. The van der Waals surface area contributed by atoms with E-state index in [1.807, 2.05) is 44.8 Å². The molecule has 0 saturated carbocycles. The van der Waals surface area contributed by atoms with Crippen molar-refractivity contribution in [3.8, 4) is 5.88 Å². The first kappa shape index (κ1) is 21.2. The molecule has 0 spiro atoms. The molecule has 1 aromatic rings. The number of likely N-dealkylation sites (N-methyl/N-ethyl adjacent to an activating group) is 2. The topological polar surface area (TPSA) is 107 Å². The van der Waals surface area contributed by atoms with E-state index in [2.05, 4.69) is 22.2 Å². The van der Waals surface area contributed by atoms with Crippen molar-refractivity contribution in [1.82, 2.24) is 9.88 Å². The van der Waals surface area contributed by atoms with E-state index in [1.165, 1.54) is 6.07 Å². The summed E-state index contributed by atoms with van der Waals surface area (Å²) in [6.07, 6.45) is -0.326. The van der Waals surface area contributed by atoms with Crippen LogP contribution in [0.5, 0.6) is 5.88 Å². The molecule has 0 radical (unpaired) electrons. The molecule has 0 aliphatic heterocycles. The van der Waals surface area contributed by atoms with Gasteiger partial charge in [0, 0.05) is 20.1 Å². The van der Waals surface area contributed by atoms with Crippen molar-refractivity contribution in [3.63, 3.8) is 0 Å². The molecule has 0 aliphatic rings. The Balaban J connectivity index is 3.37. The second-order valence-corrected chi connectivity index (χ2v) is 6.23. The Labute approximate surface area is 153 Å². The summed E-state index contributed by atoms with van der Waals surface area (Å²) in [4.78, 5) is 31.2. The fourth-order valence-electron chi connectivity index (χ4n) is 2.03. The zero-order valence-corrected chi connectivity index (χ0v) is 15.9. The third-order valence-electron chi connectivity index (χ3n) is 3.24. The third-order valence-corrected chi connectivity index (χ3v) is 3.24. The van der Waals surface area contributed by atoms with E-state index in [0.717, 1.165) is 12.6 Å². The van der Waals surface area contributed by atoms with Crippen LogP contribution in [-0.4, -0.2) is 67.3 Å². The molecule has 2 amide bonds. The van der Waals surface area contributed by atoms with E-state index in [-0.39, 0.29) is 17.7 Å². The summed E-state index contributed by atoms with van der Waals surface area (Å²) in [5.41, 5.74) is 0.506. The van der Waals surface area contributed by atoms with Crippen LogP contribution in [0, 0.1) is 0 Å². The minimum atomic E-state index is -1.25. The Morgan fingerprint density at radius 1 is 1.27 bits per heavy atom. The Bertz CT molecular complexity index is 661. The molecule has 0 aromatic carbocycles. The average molecular weight is 365 g/mol. The zero-order chi connectivity index (χ0) is 19.9. The Morgan fingerprint density at radius 2 is 1.92 bits per heavy atom. The molecule has 1 rings (SSSR count). The molecule has 0 bridgehead atoms. The van der Waals surface area contributed by atoms with Gasteiger partial charge in [-0.1, -0.05) is 6.58 Å². The second-order valence-electron chi connectivity index (χ2n) is 6.23. The number of carbonyl (C=O) groups is 2. The maximum absolute atomic E-state index is 11.8. The van der Waals surface area contributed by atoms with E-state index in [1.54, 1.807) is 0 Å². The first-order valence-corrected chi connectivity index (χ1v) is 8.15. The van der Waals surface area contributed by atoms with E-state index < -0.39 is 12.0 Å². The van der Waals surface area contributed by atoms with Gasteiger partial charge < -0.3 is 25.0 Å². The van der Waals surface area contributed by atoms with E-state index >= 15 is 0 Å². The minimum absolute atomic E-state index is 0.144. The van der Waals surface area contributed by atoms with Gasteiger partial charge in [-0.15, -0.1) is 0 Å². The van der Waals surface area contributed by atoms with Crippen molar-refractivity contribution in [3.05, 3.63) is 18.7 Å². The lowest BCUT2D eigenvalue weighted by Crippen LogP contribution is -2.30. The van der Waals surface area contributed by atoms with Gasteiger partial charge in [-0.05, 0) is 40.1 Å². The van der Waals surface area contributed by atoms with Crippen molar-refractivity contribution < 1.29 is 19.4 Å². The van der Waals surface area contributed by atoms with Gasteiger partial charge in [0.15, 0.2) is 5.82 Å². The molecule has 9 heteroatoms. The third kappa shape index (κ3) is 6.60. The number of rotatable bonds is 9. The number of amides is 2. The van der Waals surface area contributed by atoms with Crippen LogP contribution < -0.4 is 20.3 Å². The molecule has 26 heavy (non-hydrogen) atoms. The van der Waals surface area contributed by atoms with Gasteiger partial charge in [0.25, 0.3) is 0 Å². The summed E-state index contributed by atoms with van der Waals surface area (Å²) in [6.45, 7) is 8.47. The van der Waals surface area contributed by atoms with Gasteiger partial charge in [0.1, 0.15) is 5.69 Å². The highest BCUT2D eigenvalue weighted by molar-refractivity contribution is 6.01. The normalized spacial score (nSPS) is 10.6. The van der Waals surface area contributed by atoms with Gasteiger partial charge in [-0.25, -0.2) is 4.79 Å². The number of carboxylic acid groups (broad SMARTS) is 1. The van der Waals surface area contributed by atoms with Gasteiger partial charge >= 0.3 is 6.09 Å². The number of aromatic nitrogens is 1. The molecule has 144 valence electrons. The molecule has 3 N–H and O–H groups in total. The number of hydrogen-bond donors (Lipinski definition) is 3. The molecule has 0 saturated heterocycles. The minimum Gasteiger partial charge on any atom is -0.473 e. The van der Waals surface area contributed by atoms with Crippen molar-refractivity contribution in [2.45, 2.75) is 20.0 Å². The second kappa shape index (κ2) is 9.62. The van der Waals surface area contributed by atoms with Gasteiger partial charge in [0.05, 0.1) is 11.8 Å².